The molecule has 0 unspecified atom stereocenters. The highest BCUT2D eigenvalue weighted by molar-refractivity contribution is 14.0. The predicted molar refractivity (Wildman–Crippen MR) is 112 cm³/mol. The van der Waals surface area contributed by atoms with E-state index in [1.165, 1.54) is 4.88 Å². The molecule has 0 bridgehead atoms. The summed E-state index contributed by atoms with van der Waals surface area (Å²) >= 11 is 1.70. The molecule has 1 aromatic carbocycles. The van der Waals surface area contributed by atoms with Gasteiger partial charge < -0.3 is 15.4 Å². The number of aliphatic imine (C=N–C) groups is 1. The maximum absolute atomic E-state index is 5.52. The number of nitrogens with one attached hydrogen (secondary N) is 2. The van der Waals surface area contributed by atoms with Crippen LogP contribution in [0.5, 0.6) is 5.75 Å². The molecular weight excluding hydrogens is 435 g/mol. The van der Waals surface area contributed by atoms with E-state index in [-0.39, 0.29) is 24.0 Å². The molecule has 0 saturated carbocycles. The first-order chi connectivity index (χ1) is 11.2. The summed E-state index contributed by atoms with van der Waals surface area (Å²) in [7, 11) is 0. The van der Waals surface area contributed by atoms with E-state index in [0.717, 1.165) is 28.8 Å². The largest absolute Gasteiger partial charge is 0.494 e. The first-order valence-corrected chi connectivity index (χ1v) is 8.68. The number of aromatic nitrogens is 1. The Labute approximate surface area is 165 Å². The highest BCUT2D eigenvalue weighted by atomic mass is 127. The lowest BCUT2D eigenvalue weighted by atomic mass is 10.2. The summed E-state index contributed by atoms with van der Waals surface area (Å²) in [5, 5.41) is 7.63. The average molecular weight is 460 g/mol. The zero-order valence-electron chi connectivity index (χ0n) is 14.3. The fourth-order valence-electron chi connectivity index (χ4n) is 2.05. The summed E-state index contributed by atoms with van der Waals surface area (Å²) in [5.74, 6) is 1.68. The zero-order chi connectivity index (χ0) is 16.5. The van der Waals surface area contributed by atoms with Gasteiger partial charge in [-0.2, -0.15) is 0 Å². The summed E-state index contributed by atoms with van der Waals surface area (Å²) < 4.78 is 5.52. The summed E-state index contributed by atoms with van der Waals surface area (Å²) in [6.45, 7) is 8.88. The lowest BCUT2D eigenvalue weighted by Crippen LogP contribution is -2.36. The van der Waals surface area contributed by atoms with Crippen LogP contribution in [0.3, 0.4) is 0 Å². The van der Waals surface area contributed by atoms with Gasteiger partial charge in [-0.3, -0.25) is 0 Å². The van der Waals surface area contributed by atoms with Crippen molar-refractivity contribution in [1.29, 1.82) is 0 Å². The monoisotopic (exact) mass is 460 g/mol. The van der Waals surface area contributed by atoms with Gasteiger partial charge in [-0.15, -0.1) is 35.3 Å². The zero-order valence-corrected chi connectivity index (χ0v) is 17.5. The number of benzene rings is 1. The Balaban J connectivity index is 0.00000288. The van der Waals surface area contributed by atoms with E-state index in [1.807, 2.05) is 31.3 Å². The Kier molecular flexibility index (Phi) is 9.70. The molecule has 2 aromatic rings. The van der Waals surface area contributed by atoms with Crippen molar-refractivity contribution >= 4 is 41.3 Å². The average Bonchev–Trinajstić information content (AvgIpc) is 2.96. The standard InChI is InChI=1S/C17H24N4OS.HI/c1-4-18-17(21-12-16-19-10-13(3)23-16)20-11-14-7-6-8-15(9-14)22-5-2;/h6-10H,4-5,11-12H2,1-3H3,(H2,18,20,21);1H. The molecule has 0 fully saturated rings. The predicted octanol–water partition coefficient (Wildman–Crippen LogP) is 3.72. The van der Waals surface area contributed by atoms with E-state index >= 15 is 0 Å². The molecular formula is C17H25IN4OS. The van der Waals surface area contributed by atoms with Crippen molar-refractivity contribution in [3.05, 3.63) is 45.9 Å². The number of rotatable bonds is 7. The molecule has 0 spiro atoms. The minimum atomic E-state index is 0. The van der Waals surface area contributed by atoms with Crippen LogP contribution in [0.1, 0.15) is 29.3 Å². The molecule has 0 aliphatic rings. The van der Waals surface area contributed by atoms with Crippen molar-refractivity contribution in [2.24, 2.45) is 4.99 Å². The molecule has 0 amide bonds. The molecule has 0 atom stereocenters. The van der Waals surface area contributed by atoms with Crippen molar-refractivity contribution in [3.8, 4) is 5.75 Å². The van der Waals surface area contributed by atoms with Crippen LogP contribution in [-0.4, -0.2) is 24.1 Å². The van der Waals surface area contributed by atoms with Gasteiger partial charge in [0.15, 0.2) is 5.96 Å². The SMILES string of the molecule is CCNC(=NCc1cccc(OCC)c1)NCc1ncc(C)s1.I. The molecule has 0 aliphatic carbocycles. The summed E-state index contributed by atoms with van der Waals surface area (Å²) in [6.07, 6.45) is 1.89. The fraction of sp³-hybridized carbons (Fsp3) is 0.412. The van der Waals surface area contributed by atoms with Crippen molar-refractivity contribution < 1.29 is 4.74 Å². The fourth-order valence-corrected chi connectivity index (χ4v) is 2.78. The van der Waals surface area contributed by atoms with Gasteiger partial charge in [-0.1, -0.05) is 12.1 Å². The molecule has 5 nitrogen and oxygen atoms in total. The van der Waals surface area contributed by atoms with Crippen LogP contribution >= 0.6 is 35.3 Å². The molecule has 24 heavy (non-hydrogen) atoms. The van der Waals surface area contributed by atoms with E-state index in [9.17, 15) is 0 Å². The van der Waals surface area contributed by atoms with E-state index in [0.29, 0.717) is 19.7 Å². The van der Waals surface area contributed by atoms with Crippen LogP contribution in [0.4, 0.5) is 0 Å². The number of ether oxygens (including phenoxy) is 1. The van der Waals surface area contributed by atoms with Gasteiger partial charge in [0.05, 0.1) is 19.7 Å². The molecule has 0 saturated heterocycles. The topological polar surface area (TPSA) is 58.5 Å². The van der Waals surface area contributed by atoms with Crippen molar-refractivity contribution in [2.45, 2.75) is 33.9 Å². The number of nitrogens with zero attached hydrogens (tertiary/aromatic N) is 2. The number of thiazole rings is 1. The minimum Gasteiger partial charge on any atom is -0.494 e. The molecule has 1 heterocycles. The second-order valence-corrected chi connectivity index (χ2v) is 6.31. The number of hydrogen-bond acceptors (Lipinski definition) is 4. The highest BCUT2D eigenvalue weighted by Gasteiger charge is 2.02. The Morgan fingerprint density at radius 2 is 2.12 bits per heavy atom. The second kappa shape index (κ2) is 11.2. The summed E-state index contributed by atoms with van der Waals surface area (Å²) in [4.78, 5) is 10.2. The molecule has 7 heteroatoms. The highest BCUT2D eigenvalue weighted by Crippen LogP contribution is 2.14. The van der Waals surface area contributed by atoms with E-state index < -0.39 is 0 Å². The minimum absolute atomic E-state index is 0. The Hall–Kier alpha value is -1.35. The molecule has 1 aromatic heterocycles. The summed E-state index contributed by atoms with van der Waals surface area (Å²) in [5.41, 5.74) is 1.12. The Morgan fingerprint density at radius 1 is 1.29 bits per heavy atom. The van der Waals surface area contributed by atoms with Gasteiger partial charge in [0.2, 0.25) is 0 Å². The smallest absolute Gasteiger partial charge is 0.191 e. The van der Waals surface area contributed by atoms with Crippen molar-refractivity contribution in [3.63, 3.8) is 0 Å². The third-order valence-corrected chi connectivity index (χ3v) is 3.96. The quantitative estimate of drug-likeness (QED) is 0.376. The molecule has 2 N–H and O–H groups in total. The normalized spacial score (nSPS) is 10.9. The van der Waals surface area contributed by atoms with Gasteiger partial charge in [-0.05, 0) is 38.5 Å². The maximum Gasteiger partial charge on any atom is 0.191 e. The molecule has 0 aliphatic heterocycles. The van der Waals surface area contributed by atoms with Crippen LogP contribution in [0.2, 0.25) is 0 Å². The number of aryl methyl sites for hydroxylation is 1. The molecule has 132 valence electrons. The van der Waals surface area contributed by atoms with Gasteiger partial charge in [0.1, 0.15) is 10.8 Å². The van der Waals surface area contributed by atoms with Crippen LogP contribution in [0.25, 0.3) is 0 Å². The molecule has 2 rings (SSSR count). The third-order valence-electron chi connectivity index (χ3n) is 3.05. The maximum atomic E-state index is 5.52. The van der Waals surface area contributed by atoms with Gasteiger partial charge >= 0.3 is 0 Å². The van der Waals surface area contributed by atoms with Gasteiger partial charge in [-0.25, -0.2) is 9.98 Å². The Morgan fingerprint density at radius 3 is 2.79 bits per heavy atom. The first-order valence-electron chi connectivity index (χ1n) is 7.86. The Bertz CT molecular complexity index is 645. The number of guanidine groups is 1. The van der Waals surface area contributed by atoms with E-state index in [2.05, 4.69) is 40.5 Å². The van der Waals surface area contributed by atoms with Gasteiger partial charge in [0.25, 0.3) is 0 Å². The second-order valence-electron chi connectivity index (χ2n) is 4.99. The van der Waals surface area contributed by atoms with Crippen LogP contribution < -0.4 is 15.4 Å². The lowest BCUT2D eigenvalue weighted by Gasteiger charge is -2.10. The van der Waals surface area contributed by atoms with Crippen LogP contribution in [0.15, 0.2) is 35.5 Å². The molecule has 0 radical (unpaired) electrons. The number of hydrogen-bond donors (Lipinski definition) is 2. The third kappa shape index (κ3) is 7.04. The van der Waals surface area contributed by atoms with Gasteiger partial charge in [0, 0.05) is 17.6 Å². The van der Waals surface area contributed by atoms with E-state index in [1.54, 1.807) is 11.3 Å². The van der Waals surface area contributed by atoms with Crippen LogP contribution in [0, 0.1) is 6.92 Å². The lowest BCUT2D eigenvalue weighted by molar-refractivity contribution is 0.340. The number of halogens is 1. The van der Waals surface area contributed by atoms with Crippen molar-refractivity contribution in [2.75, 3.05) is 13.2 Å². The van der Waals surface area contributed by atoms with Crippen molar-refractivity contribution in [1.82, 2.24) is 15.6 Å². The first kappa shape index (κ1) is 20.7. The van der Waals surface area contributed by atoms with E-state index in [4.69, 9.17) is 4.74 Å². The summed E-state index contributed by atoms with van der Waals surface area (Å²) in [6, 6.07) is 8.04. The van der Waals surface area contributed by atoms with Crippen LogP contribution in [-0.2, 0) is 13.1 Å².